The molecule has 3 nitrogen and oxygen atoms in total. The third-order valence-electron chi connectivity index (χ3n) is 2.83. The molecule has 0 radical (unpaired) electrons. The lowest BCUT2D eigenvalue weighted by Crippen LogP contribution is -2.16. The molecule has 2 aromatic rings. The van der Waals surface area contributed by atoms with E-state index < -0.39 is 0 Å². The molecular weight excluding hydrogens is 224 g/mol. The Morgan fingerprint density at radius 3 is 2.56 bits per heavy atom. The zero-order valence-electron chi connectivity index (χ0n) is 11.3. The molecule has 0 aliphatic heterocycles. The van der Waals surface area contributed by atoms with Crippen molar-refractivity contribution in [1.29, 1.82) is 0 Å². The van der Waals surface area contributed by atoms with Gasteiger partial charge in [-0.05, 0) is 32.5 Å². The summed E-state index contributed by atoms with van der Waals surface area (Å²) in [6.07, 6.45) is 2.65. The van der Waals surface area contributed by atoms with E-state index in [9.17, 15) is 0 Å². The van der Waals surface area contributed by atoms with Gasteiger partial charge >= 0.3 is 0 Å². The molecule has 3 heteroatoms. The SMILES string of the molecule is CCNCCc1ncc(-c2cc(C)cc(C)c2)o1. The Morgan fingerprint density at radius 1 is 1.17 bits per heavy atom. The Labute approximate surface area is 108 Å². The third kappa shape index (κ3) is 3.20. The van der Waals surface area contributed by atoms with E-state index in [-0.39, 0.29) is 0 Å². The smallest absolute Gasteiger partial charge is 0.196 e. The van der Waals surface area contributed by atoms with Crippen molar-refractivity contribution in [2.45, 2.75) is 27.2 Å². The number of hydrogen-bond donors (Lipinski definition) is 1. The van der Waals surface area contributed by atoms with Crippen LogP contribution in [-0.4, -0.2) is 18.1 Å². The molecule has 18 heavy (non-hydrogen) atoms. The summed E-state index contributed by atoms with van der Waals surface area (Å²) in [7, 11) is 0. The van der Waals surface area contributed by atoms with Gasteiger partial charge in [0.1, 0.15) is 0 Å². The van der Waals surface area contributed by atoms with Crippen LogP contribution < -0.4 is 5.32 Å². The summed E-state index contributed by atoms with van der Waals surface area (Å²) in [5, 5.41) is 3.26. The fraction of sp³-hybridized carbons (Fsp3) is 0.400. The summed E-state index contributed by atoms with van der Waals surface area (Å²) in [6.45, 7) is 8.17. The summed E-state index contributed by atoms with van der Waals surface area (Å²) in [4.78, 5) is 4.32. The van der Waals surface area contributed by atoms with Crippen LogP contribution in [-0.2, 0) is 6.42 Å². The molecule has 0 spiro atoms. The standard InChI is InChI=1S/C15H20N2O/c1-4-16-6-5-15-17-10-14(18-15)13-8-11(2)7-12(3)9-13/h7-10,16H,4-6H2,1-3H3. The normalized spacial score (nSPS) is 10.8. The maximum Gasteiger partial charge on any atom is 0.196 e. The molecule has 0 aliphatic rings. The molecule has 2 rings (SSSR count). The average Bonchev–Trinajstić information content (AvgIpc) is 2.77. The zero-order valence-corrected chi connectivity index (χ0v) is 11.3. The number of oxazole rings is 1. The van der Waals surface area contributed by atoms with E-state index in [1.54, 1.807) is 0 Å². The van der Waals surface area contributed by atoms with E-state index in [0.29, 0.717) is 0 Å². The second kappa shape index (κ2) is 5.83. The van der Waals surface area contributed by atoms with Crippen LogP contribution in [0.1, 0.15) is 23.9 Å². The number of aromatic nitrogens is 1. The van der Waals surface area contributed by atoms with Crippen LogP contribution in [0.2, 0.25) is 0 Å². The van der Waals surface area contributed by atoms with Crippen LogP contribution in [0.4, 0.5) is 0 Å². The van der Waals surface area contributed by atoms with Crippen molar-refractivity contribution >= 4 is 0 Å². The monoisotopic (exact) mass is 244 g/mol. The van der Waals surface area contributed by atoms with Crippen molar-refractivity contribution in [2.75, 3.05) is 13.1 Å². The molecule has 1 N–H and O–H groups in total. The number of nitrogens with zero attached hydrogens (tertiary/aromatic N) is 1. The molecule has 0 amide bonds. The van der Waals surface area contributed by atoms with Crippen molar-refractivity contribution in [2.24, 2.45) is 0 Å². The van der Waals surface area contributed by atoms with E-state index >= 15 is 0 Å². The maximum atomic E-state index is 5.78. The van der Waals surface area contributed by atoms with Crippen LogP contribution in [0.3, 0.4) is 0 Å². The number of hydrogen-bond acceptors (Lipinski definition) is 3. The van der Waals surface area contributed by atoms with Crippen molar-refractivity contribution < 1.29 is 4.42 Å². The van der Waals surface area contributed by atoms with Crippen molar-refractivity contribution in [3.8, 4) is 11.3 Å². The van der Waals surface area contributed by atoms with E-state index in [1.807, 2.05) is 6.20 Å². The van der Waals surface area contributed by atoms with E-state index in [4.69, 9.17) is 4.42 Å². The maximum absolute atomic E-state index is 5.78. The van der Waals surface area contributed by atoms with Gasteiger partial charge in [-0.3, -0.25) is 0 Å². The topological polar surface area (TPSA) is 38.1 Å². The Morgan fingerprint density at radius 2 is 1.89 bits per heavy atom. The Kier molecular flexibility index (Phi) is 4.15. The van der Waals surface area contributed by atoms with Gasteiger partial charge in [0.25, 0.3) is 0 Å². The minimum absolute atomic E-state index is 0.796. The Hall–Kier alpha value is -1.61. The Bertz CT molecular complexity index is 497. The molecular formula is C15H20N2O. The van der Waals surface area contributed by atoms with Gasteiger partial charge < -0.3 is 9.73 Å². The minimum Gasteiger partial charge on any atom is -0.441 e. The largest absolute Gasteiger partial charge is 0.441 e. The van der Waals surface area contributed by atoms with Gasteiger partial charge in [-0.25, -0.2) is 4.98 Å². The summed E-state index contributed by atoms with van der Waals surface area (Å²) in [5.74, 6) is 1.65. The highest BCUT2D eigenvalue weighted by Crippen LogP contribution is 2.23. The highest BCUT2D eigenvalue weighted by Gasteiger charge is 2.07. The molecule has 1 aromatic carbocycles. The highest BCUT2D eigenvalue weighted by atomic mass is 16.4. The van der Waals surface area contributed by atoms with Crippen LogP contribution in [0.15, 0.2) is 28.8 Å². The molecule has 0 fully saturated rings. The minimum atomic E-state index is 0.796. The van der Waals surface area contributed by atoms with Gasteiger partial charge in [0.15, 0.2) is 11.7 Å². The first-order valence-corrected chi connectivity index (χ1v) is 6.43. The molecule has 0 bridgehead atoms. The van der Waals surface area contributed by atoms with Crippen molar-refractivity contribution in [3.63, 3.8) is 0 Å². The zero-order chi connectivity index (χ0) is 13.0. The van der Waals surface area contributed by atoms with Crippen LogP contribution >= 0.6 is 0 Å². The van der Waals surface area contributed by atoms with Gasteiger partial charge in [0.2, 0.25) is 0 Å². The molecule has 1 aromatic heterocycles. The van der Waals surface area contributed by atoms with Crippen LogP contribution in [0.5, 0.6) is 0 Å². The summed E-state index contributed by atoms with van der Waals surface area (Å²) in [6, 6.07) is 6.41. The van der Waals surface area contributed by atoms with E-state index in [1.165, 1.54) is 11.1 Å². The number of nitrogens with one attached hydrogen (secondary N) is 1. The first kappa shape index (κ1) is 12.8. The van der Waals surface area contributed by atoms with E-state index in [2.05, 4.69) is 49.3 Å². The van der Waals surface area contributed by atoms with Gasteiger partial charge in [-0.2, -0.15) is 0 Å². The van der Waals surface area contributed by atoms with Gasteiger partial charge in [-0.1, -0.05) is 24.1 Å². The van der Waals surface area contributed by atoms with Crippen LogP contribution in [0, 0.1) is 13.8 Å². The molecule has 0 saturated heterocycles. The molecule has 0 atom stereocenters. The number of rotatable bonds is 5. The van der Waals surface area contributed by atoms with Crippen molar-refractivity contribution in [3.05, 3.63) is 41.4 Å². The molecule has 0 unspecified atom stereocenters. The van der Waals surface area contributed by atoms with Gasteiger partial charge in [-0.15, -0.1) is 0 Å². The summed E-state index contributed by atoms with van der Waals surface area (Å²) in [5.41, 5.74) is 3.60. The fourth-order valence-corrected chi connectivity index (χ4v) is 2.05. The second-order valence-electron chi connectivity index (χ2n) is 4.60. The lowest BCUT2D eigenvalue weighted by Gasteiger charge is -2.01. The summed E-state index contributed by atoms with van der Waals surface area (Å²) >= 11 is 0. The molecule has 0 aliphatic carbocycles. The fourth-order valence-electron chi connectivity index (χ4n) is 2.05. The molecule has 1 heterocycles. The first-order valence-electron chi connectivity index (χ1n) is 6.43. The van der Waals surface area contributed by atoms with Crippen molar-refractivity contribution in [1.82, 2.24) is 10.3 Å². The first-order chi connectivity index (χ1) is 8.69. The average molecular weight is 244 g/mol. The summed E-state index contributed by atoms with van der Waals surface area (Å²) < 4.78 is 5.78. The molecule has 0 saturated carbocycles. The van der Waals surface area contributed by atoms with Gasteiger partial charge in [0.05, 0.1) is 6.20 Å². The lowest BCUT2D eigenvalue weighted by atomic mass is 10.1. The highest BCUT2D eigenvalue weighted by molar-refractivity contribution is 5.58. The number of likely N-dealkylation sites (N-methyl/N-ethyl adjacent to an activating group) is 1. The van der Waals surface area contributed by atoms with Gasteiger partial charge in [0, 0.05) is 18.5 Å². The number of aryl methyl sites for hydroxylation is 2. The number of benzene rings is 1. The van der Waals surface area contributed by atoms with Crippen LogP contribution in [0.25, 0.3) is 11.3 Å². The molecule has 96 valence electrons. The third-order valence-corrected chi connectivity index (χ3v) is 2.83. The second-order valence-corrected chi connectivity index (χ2v) is 4.60. The lowest BCUT2D eigenvalue weighted by molar-refractivity contribution is 0.497. The van der Waals surface area contributed by atoms with E-state index in [0.717, 1.165) is 36.7 Å². The predicted molar refractivity (Wildman–Crippen MR) is 73.7 cm³/mol. The quantitative estimate of drug-likeness (QED) is 0.821. The Balaban J connectivity index is 2.13. The predicted octanol–water partition coefficient (Wildman–Crippen LogP) is 3.11.